The fraction of sp³-hybridized carbons (Fsp3) is 0.182. The Kier molecular flexibility index (Phi) is 4.54. The lowest BCUT2D eigenvalue weighted by Crippen LogP contribution is -2.39. The summed E-state index contributed by atoms with van der Waals surface area (Å²) in [5.41, 5.74) is 4.34. The van der Waals surface area contributed by atoms with E-state index in [2.05, 4.69) is 11.4 Å². The van der Waals surface area contributed by atoms with Gasteiger partial charge in [-0.25, -0.2) is 0 Å². The number of carbonyl (C=O) groups is 2. The molecule has 1 unspecified atom stereocenters. The van der Waals surface area contributed by atoms with Gasteiger partial charge in [-0.2, -0.15) is 0 Å². The Morgan fingerprint density at radius 2 is 1.93 bits per heavy atom. The number of nitrogens with one attached hydrogen (secondary N) is 1. The Hall–Kier alpha value is -2.92. The number of thiophene rings is 1. The number of anilines is 1. The van der Waals surface area contributed by atoms with E-state index in [1.54, 1.807) is 16.2 Å². The standard InChI is InChI=1S/C22H20N2O2S/c1-14-9-10-18-17(12-14)21(19-8-5-11-27-19)24(13-20(25)23-18)22(26)16-7-4-3-6-15(16)2/h3-12,21H,13H2,1-2H3,(H,23,25). The van der Waals surface area contributed by atoms with Gasteiger partial charge in [0.1, 0.15) is 6.54 Å². The van der Waals surface area contributed by atoms with Gasteiger partial charge in [0.05, 0.1) is 6.04 Å². The second-order valence-electron chi connectivity index (χ2n) is 6.80. The zero-order chi connectivity index (χ0) is 19.0. The summed E-state index contributed by atoms with van der Waals surface area (Å²) in [5.74, 6) is -0.308. The molecule has 0 bridgehead atoms. The lowest BCUT2D eigenvalue weighted by molar-refractivity contribution is -0.117. The third-order valence-corrected chi connectivity index (χ3v) is 5.78. The maximum absolute atomic E-state index is 13.5. The molecule has 4 rings (SSSR count). The minimum Gasteiger partial charge on any atom is -0.324 e. The van der Waals surface area contributed by atoms with E-state index in [0.29, 0.717) is 5.56 Å². The monoisotopic (exact) mass is 376 g/mol. The smallest absolute Gasteiger partial charge is 0.255 e. The molecule has 1 atom stereocenters. The Morgan fingerprint density at radius 1 is 1.11 bits per heavy atom. The van der Waals surface area contributed by atoms with Gasteiger partial charge in [0.25, 0.3) is 5.91 Å². The van der Waals surface area contributed by atoms with Crippen molar-refractivity contribution in [3.8, 4) is 0 Å². The van der Waals surface area contributed by atoms with E-state index in [9.17, 15) is 9.59 Å². The number of benzene rings is 2. The first kappa shape index (κ1) is 17.5. The highest BCUT2D eigenvalue weighted by atomic mass is 32.1. The average Bonchev–Trinajstić information content (AvgIpc) is 3.13. The van der Waals surface area contributed by atoms with Crippen LogP contribution >= 0.6 is 11.3 Å². The van der Waals surface area contributed by atoms with Crippen LogP contribution in [0, 0.1) is 13.8 Å². The molecule has 2 heterocycles. The summed E-state index contributed by atoms with van der Waals surface area (Å²) in [6, 6.07) is 17.2. The summed E-state index contributed by atoms with van der Waals surface area (Å²) in [6.07, 6.45) is 0. The fourth-order valence-electron chi connectivity index (χ4n) is 3.54. The van der Waals surface area contributed by atoms with E-state index < -0.39 is 0 Å². The first-order chi connectivity index (χ1) is 13.0. The minimum atomic E-state index is -0.300. The van der Waals surface area contributed by atoms with E-state index in [-0.39, 0.29) is 24.4 Å². The zero-order valence-electron chi connectivity index (χ0n) is 15.2. The molecule has 1 N–H and O–H groups in total. The molecule has 1 aliphatic heterocycles. The summed E-state index contributed by atoms with van der Waals surface area (Å²) >= 11 is 1.60. The van der Waals surface area contributed by atoms with Crippen LogP contribution in [0.1, 0.15) is 38.0 Å². The zero-order valence-corrected chi connectivity index (χ0v) is 16.0. The van der Waals surface area contributed by atoms with Gasteiger partial charge in [-0.3, -0.25) is 9.59 Å². The number of nitrogens with zero attached hydrogens (tertiary/aromatic N) is 1. The van der Waals surface area contributed by atoms with Crippen molar-refractivity contribution in [3.05, 3.63) is 87.1 Å². The number of rotatable bonds is 2. The number of hydrogen-bond acceptors (Lipinski definition) is 3. The van der Waals surface area contributed by atoms with Crippen molar-refractivity contribution in [2.45, 2.75) is 19.9 Å². The first-order valence-corrected chi connectivity index (χ1v) is 9.73. The quantitative estimate of drug-likeness (QED) is 0.713. The fourth-order valence-corrected chi connectivity index (χ4v) is 4.39. The van der Waals surface area contributed by atoms with Crippen LogP contribution < -0.4 is 5.32 Å². The van der Waals surface area contributed by atoms with Crippen molar-refractivity contribution < 1.29 is 9.59 Å². The van der Waals surface area contributed by atoms with E-state index in [1.807, 2.05) is 67.8 Å². The lowest BCUT2D eigenvalue weighted by Gasteiger charge is -2.30. The number of amides is 2. The van der Waals surface area contributed by atoms with Crippen LogP contribution in [0.25, 0.3) is 0 Å². The number of carbonyl (C=O) groups excluding carboxylic acids is 2. The van der Waals surface area contributed by atoms with Gasteiger partial charge < -0.3 is 10.2 Å². The van der Waals surface area contributed by atoms with Crippen molar-refractivity contribution >= 4 is 28.8 Å². The molecule has 27 heavy (non-hydrogen) atoms. The molecule has 0 saturated heterocycles. The van der Waals surface area contributed by atoms with Crippen molar-refractivity contribution in [3.63, 3.8) is 0 Å². The van der Waals surface area contributed by atoms with Crippen LogP contribution in [0.15, 0.2) is 60.0 Å². The molecule has 5 heteroatoms. The first-order valence-electron chi connectivity index (χ1n) is 8.85. The van der Waals surface area contributed by atoms with Gasteiger partial charge in [0.15, 0.2) is 0 Å². The van der Waals surface area contributed by atoms with E-state index in [1.165, 1.54) is 0 Å². The maximum Gasteiger partial charge on any atom is 0.255 e. The molecular weight excluding hydrogens is 356 g/mol. The van der Waals surface area contributed by atoms with Crippen molar-refractivity contribution in [1.82, 2.24) is 4.90 Å². The Labute approximate surface area is 162 Å². The molecule has 0 spiro atoms. The van der Waals surface area contributed by atoms with Crippen molar-refractivity contribution in [2.75, 3.05) is 11.9 Å². The summed E-state index contributed by atoms with van der Waals surface area (Å²) in [7, 11) is 0. The molecular formula is C22H20N2O2S. The largest absolute Gasteiger partial charge is 0.324 e. The second kappa shape index (κ2) is 7.00. The summed E-state index contributed by atoms with van der Waals surface area (Å²) in [5, 5.41) is 4.97. The molecule has 2 aromatic carbocycles. The summed E-state index contributed by atoms with van der Waals surface area (Å²) in [6.45, 7) is 3.96. The van der Waals surface area contributed by atoms with E-state index in [4.69, 9.17) is 0 Å². The highest BCUT2D eigenvalue weighted by Crippen LogP contribution is 2.39. The summed E-state index contributed by atoms with van der Waals surface area (Å²) < 4.78 is 0. The van der Waals surface area contributed by atoms with Gasteiger partial charge in [-0.15, -0.1) is 11.3 Å². The molecule has 136 valence electrons. The average molecular weight is 376 g/mol. The Balaban J connectivity index is 1.89. The highest BCUT2D eigenvalue weighted by molar-refractivity contribution is 7.10. The van der Waals surface area contributed by atoms with Gasteiger partial charge in [0.2, 0.25) is 5.91 Å². The second-order valence-corrected chi connectivity index (χ2v) is 7.78. The molecule has 0 aliphatic carbocycles. The minimum absolute atomic E-state index is 0.0173. The van der Waals surface area contributed by atoms with Crippen molar-refractivity contribution in [2.24, 2.45) is 0 Å². The molecule has 3 aromatic rings. The summed E-state index contributed by atoms with van der Waals surface area (Å²) in [4.78, 5) is 28.8. The van der Waals surface area contributed by atoms with Crippen LogP contribution in [0.4, 0.5) is 5.69 Å². The molecule has 2 amide bonds. The van der Waals surface area contributed by atoms with Gasteiger partial charge >= 0.3 is 0 Å². The molecule has 0 saturated carbocycles. The van der Waals surface area contributed by atoms with Crippen LogP contribution in [-0.4, -0.2) is 23.3 Å². The third kappa shape index (κ3) is 3.26. The van der Waals surface area contributed by atoms with Gasteiger partial charge in [-0.05, 0) is 43.0 Å². The molecule has 0 fully saturated rings. The predicted octanol–water partition coefficient (Wildman–Crippen LogP) is 4.55. The van der Waals surface area contributed by atoms with E-state index in [0.717, 1.165) is 27.3 Å². The number of fused-ring (bicyclic) bond motifs is 1. The van der Waals surface area contributed by atoms with Crippen molar-refractivity contribution in [1.29, 1.82) is 0 Å². The molecule has 4 nitrogen and oxygen atoms in total. The van der Waals surface area contributed by atoms with E-state index >= 15 is 0 Å². The number of hydrogen-bond donors (Lipinski definition) is 1. The number of aryl methyl sites for hydroxylation is 2. The van der Waals surface area contributed by atoms with Gasteiger partial charge in [0, 0.05) is 21.7 Å². The Morgan fingerprint density at radius 3 is 2.67 bits per heavy atom. The van der Waals surface area contributed by atoms with Gasteiger partial charge in [-0.1, -0.05) is 42.0 Å². The SMILES string of the molecule is Cc1ccc2c(c1)C(c1cccs1)N(C(=O)c1ccccc1C)CC(=O)N2. The lowest BCUT2D eigenvalue weighted by atomic mass is 9.98. The predicted molar refractivity (Wildman–Crippen MR) is 108 cm³/mol. The third-order valence-electron chi connectivity index (χ3n) is 4.85. The van der Waals surface area contributed by atoms with Crippen LogP contribution in [-0.2, 0) is 4.79 Å². The highest BCUT2D eigenvalue weighted by Gasteiger charge is 2.34. The molecule has 1 aliphatic rings. The topological polar surface area (TPSA) is 49.4 Å². The van der Waals surface area contributed by atoms with Crippen LogP contribution in [0.2, 0.25) is 0 Å². The van der Waals surface area contributed by atoms with Crippen LogP contribution in [0.5, 0.6) is 0 Å². The Bertz CT molecular complexity index is 1010. The maximum atomic E-state index is 13.5. The van der Waals surface area contributed by atoms with Crippen LogP contribution in [0.3, 0.4) is 0 Å². The molecule has 1 aromatic heterocycles. The normalized spacial score (nSPS) is 16.4. The molecule has 0 radical (unpaired) electrons.